The third kappa shape index (κ3) is 16.4. The van der Waals surface area contributed by atoms with E-state index in [9.17, 15) is 9.46 Å². The Morgan fingerprint density at radius 3 is 1.76 bits per heavy atom. The summed E-state index contributed by atoms with van der Waals surface area (Å²) in [6.07, 6.45) is 23.5. The molecular weight excluding hydrogens is 493 g/mol. The number of piperidine rings is 1. The number of phosphoric acid groups is 1. The maximum Gasteiger partial charge on any atom is 0.472 e. The van der Waals surface area contributed by atoms with Crippen LogP contribution in [0.25, 0.3) is 0 Å². The Hall–Kier alpha value is -0.710. The van der Waals surface area contributed by atoms with Gasteiger partial charge in [0.05, 0.1) is 39.4 Å². The van der Waals surface area contributed by atoms with Crippen molar-refractivity contribution in [2.45, 2.75) is 135 Å². The first-order valence-corrected chi connectivity index (χ1v) is 17.5. The van der Waals surface area contributed by atoms with Crippen molar-refractivity contribution in [3.8, 4) is 0 Å². The van der Waals surface area contributed by atoms with Gasteiger partial charge in [-0.1, -0.05) is 134 Å². The lowest BCUT2D eigenvalue weighted by Gasteiger charge is -2.40. The highest BCUT2D eigenvalue weighted by molar-refractivity contribution is 7.47. The van der Waals surface area contributed by atoms with Crippen molar-refractivity contribution >= 4 is 7.82 Å². The molecule has 38 heavy (non-hydrogen) atoms. The monoisotopic (exact) mass is 552 g/mol. The Morgan fingerprint density at radius 1 is 0.789 bits per heavy atom. The molecule has 1 atom stereocenters. The van der Waals surface area contributed by atoms with Gasteiger partial charge >= 0.3 is 7.82 Å². The first-order valence-electron chi connectivity index (χ1n) is 16.0. The minimum atomic E-state index is -3.96. The normalized spacial score (nSPS) is 21.4. The fraction of sp³-hybridized carbons (Fsp3) is 0.812. The van der Waals surface area contributed by atoms with E-state index < -0.39 is 7.82 Å². The highest BCUT2D eigenvalue weighted by atomic mass is 31.2. The lowest BCUT2D eigenvalue weighted by molar-refractivity contribution is -0.914. The van der Waals surface area contributed by atoms with Crippen LogP contribution in [-0.4, -0.2) is 48.8 Å². The molecule has 1 fully saturated rings. The topological polar surface area (TPSA) is 55.8 Å². The summed E-state index contributed by atoms with van der Waals surface area (Å²) in [4.78, 5) is 10.2. The van der Waals surface area contributed by atoms with E-state index in [0.29, 0.717) is 6.61 Å². The fourth-order valence-corrected chi connectivity index (χ4v) is 6.60. The maximum absolute atomic E-state index is 12.4. The average molecular weight is 553 g/mol. The van der Waals surface area contributed by atoms with Crippen molar-refractivity contribution in [1.82, 2.24) is 0 Å². The Kier molecular flexibility index (Phi) is 17.8. The molecule has 0 bridgehead atoms. The largest absolute Gasteiger partial charge is 0.472 e. The molecule has 220 valence electrons. The van der Waals surface area contributed by atoms with Gasteiger partial charge in [0.2, 0.25) is 0 Å². The Bertz CT molecular complexity index is 736. The zero-order chi connectivity index (χ0) is 27.4. The van der Waals surface area contributed by atoms with Gasteiger partial charge in [-0.15, -0.1) is 0 Å². The van der Waals surface area contributed by atoms with Crippen LogP contribution in [-0.2, 0) is 20.0 Å². The third-order valence-corrected chi connectivity index (χ3v) is 9.37. The average Bonchev–Trinajstić information content (AvgIpc) is 2.91. The van der Waals surface area contributed by atoms with Gasteiger partial charge in [-0.3, -0.25) is 9.05 Å². The van der Waals surface area contributed by atoms with Crippen molar-refractivity contribution in [3.05, 3.63) is 35.9 Å². The lowest BCUT2D eigenvalue weighted by atomic mass is 10.0. The van der Waals surface area contributed by atoms with E-state index >= 15 is 0 Å². The molecule has 1 saturated heterocycles. The molecule has 1 aliphatic rings. The summed E-state index contributed by atoms with van der Waals surface area (Å²) in [5, 5.41) is 0. The standard InChI is InChI=1S/C32H58NO4P/c1-3-4-5-6-7-8-9-10-11-12-13-14-15-16-17-21-30-36-38(34,35)37-32-25-28-33(2,29-26-32)27-24-31-22-19-18-20-23-31/h18-20,22-23,32H,3-17,21,24-30H2,1-2H3/p+1. The summed E-state index contributed by atoms with van der Waals surface area (Å²) >= 11 is 0. The molecule has 0 amide bonds. The fourth-order valence-electron chi connectivity index (χ4n) is 5.59. The number of unbranched alkanes of at least 4 members (excludes halogenated alkanes) is 15. The van der Waals surface area contributed by atoms with Gasteiger partial charge in [0, 0.05) is 19.3 Å². The Balaban J connectivity index is 1.39. The van der Waals surface area contributed by atoms with Crippen LogP contribution >= 0.6 is 7.82 Å². The van der Waals surface area contributed by atoms with Crippen LogP contribution in [0.15, 0.2) is 30.3 Å². The lowest BCUT2D eigenvalue weighted by Crippen LogP contribution is -2.52. The van der Waals surface area contributed by atoms with Crippen LogP contribution in [0.2, 0.25) is 0 Å². The number of likely N-dealkylation sites (N-methyl/N-ethyl adjacent to an activating group) is 1. The van der Waals surface area contributed by atoms with Crippen LogP contribution in [0.5, 0.6) is 0 Å². The maximum atomic E-state index is 12.4. The molecule has 0 saturated carbocycles. The Labute approximate surface area is 234 Å². The SMILES string of the molecule is CCCCCCCCCCCCCCCCCCOP(=O)(O)OC1CC[N+](C)(CCc2ccccc2)CC1. The number of phosphoric ester groups is 1. The van der Waals surface area contributed by atoms with Crippen molar-refractivity contribution in [2.24, 2.45) is 0 Å². The summed E-state index contributed by atoms with van der Waals surface area (Å²) in [5.41, 5.74) is 1.37. The molecule has 6 heteroatoms. The molecule has 1 aliphatic heterocycles. The van der Waals surface area contributed by atoms with Gasteiger partial charge in [-0.25, -0.2) is 4.57 Å². The van der Waals surface area contributed by atoms with Crippen LogP contribution in [0.4, 0.5) is 0 Å². The zero-order valence-electron chi connectivity index (χ0n) is 24.8. The van der Waals surface area contributed by atoms with E-state index in [1.54, 1.807) is 0 Å². The van der Waals surface area contributed by atoms with Gasteiger partial charge < -0.3 is 9.38 Å². The molecule has 0 radical (unpaired) electrons. The van der Waals surface area contributed by atoms with Crippen LogP contribution in [0.1, 0.15) is 128 Å². The van der Waals surface area contributed by atoms with Gasteiger partial charge in [0.15, 0.2) is 0 Å². The molecular formula is C32H59NO4P+. The summed E-state index contributed by atoms with van der Waals surface area (Å²) in [6, 6.07) is 10.6. The summed E-state index contributed by atoms with van der Waals surface area (Å²) < 4.78 is 24.2. The van der Waals surface area contributed by atoms with Crippen LogP contribution in [0, 0.1) is 0 Å². The number of likely N-dealkylation sites (tertiary alicyclic amines) is 1. The number of quaternary nitrogens is 1. The van der Waals surface area contributed by atoms with Crippen molar-refractivity contribution in [2.75, 3.05) is 33.3 Å². The van der Waals surface area contributed by atoms with E-state index in [2.05, 4.69) is 44.3 Å². The molecule has 1 aromatic rings. The zero-order valence-corrected chi connectivity index (χ0v) is 25.7. The second kappa shape index (κ2) is 20.2. The summed E-state index contributed by atoms with van der Waals surface area (Å²) in [7, 11) is -1.68. The molecule has 0 aromatic heterocycles. The summed E-state index contributed by atoms with van der Waals surface area (Å²) in [6.45, 7) is 5.61. The van der Waals surface area contributed by atoms with Gasteiger partial charge in [-0.2, -0.15) is 0 Å². The van der Waals surface area contributed by atoms with Crippen LogP contribution in [0.3, 0.4) is 0 Å². The van der Waals surface area contributed by atoms with Gasteiger partial charge in [-0.05, 0) is 12.0 Å². The number of rotatable bonds is 23. The molecule has 5 nitrogen and oxygen atoms in total. The third-order valence-electron chi connectivity index (χ3n) is 8.30. The second-order valence-corrected chi connectivity index (χ2v) is 13.3. The molecule has 1 heterocycles. The smallest absolute Gasteiger partial charge is 0.326 e. The number of hydrogen-bond acceptors (Lipinski definition) is 3. The number of nitrogens with zero attached hydrogens (tertiary/aromatic N) is 1. The van der Waals surface area contributed by atoms with E-state index in [-0.39, 0.29) is 6.10 Å². The predicted molar refractivity (Wildman–Crippen MR) is 160 cm³/mol. The second-order valence-electron chi connectivity index (χ2n) is 11.9. The number of hydrogen-bond donors (Lipinski definition) is 1. The first-order chi connectivity index (χ1) is 18.4. The molecule has 0 spiro atoms. The minimum absolute atomic E-state index is 0.181. The van der Waals surface area contributed by atoms with Crippen molar-refractivity contribution in [1.29, 1.82) is 0 Å². The minimum Gasteiger partial charge on any atom is -0.326 e. The van der Waals surface area contributed by atoms with E-state index in [4.69, 9.17) is 9.05 Å². The van der Waals surface area contributed by atoms with Crippen molar-refractivity contribution < 1.29 is 23.0 Å². The van der Waals surface area contributed by atoms with E-state index in [1.807, 2.05) is 0 Å². The molecule has 2 rings (SSSR count). The van der Waals surface area contributed by atoms with Gasteiger partial charge in [0.25, 0.3) is 0 Å². The van der Waals surface area contributed by atoms with E-state index in [1.165, 1.54) is 95.5 Å². The highest BCUT2D eigenvalue weighted by Crippen LogP contribution is 2.46. The highest BCUT2D eigenvalue weighted by Gasteiger charge is 2.34. The van der Waals surface area contributed by atoms with Crippen molar-refractivity contribution in [3.63, 3.8) is 0 Å². The van der Waals surface area contributed by atoms with Crippen LogP contribution < -0.4 is 0 Å². The quantitative estimate of drug-likeness (QED) is 0.0835. The molecule has 1 unspecified atom stereocenters. The first kappa shape index (κ1) is 33.5. The van der Waals surface area contributed by atoms with Gasteiger partial charge in [0.1, 0.15) is 0 Å². The Morgan fingerprint density at radius 2 is 1.26 bits per heavy atom. The molecule has 1 N–H and O–H groups in total. The molecule has 0 aliphatic carbocycles. The number of benzene rings is 1. The molecule has 1 aromatic carbocycles. The predicted octanol–water partition coefficient (Wildman–Crippen LogP) is 9.23. The van der Waals surface area contributed by atoms with E-state index in [0.717, 1.165) is 56.2 Å². The summed E-state index contributed by atoms with van der Waals surface area (Å²) in [5.74, 6) is 0.